The highest BCUT2D eigenvalue weighted by molar-refractivity contribution is 5.11. The highest BCUT2D eigenvalue weighted by Crippen LogP contribution is 2.09. The number of nitrogens with two attached hydrogens (primary N) is 1. The summed E-state index contributed by atoms with van der Waals surface area (Å²) in [5, 5.41) is 4.45. The van der Waals surface area contributed by atoms with Crippen LogP contribution in [0.25, 0.3) is 0 Å². The van der Waals surface area contributed by atoms with Crippen LogP contribution in [-0.4, -0.2) is 20.8 Å². The molecule has 102 valence electrons. The van der Waals surface area contributed by atoms with Crippen molar-refractivity contribution in [3.63, 3.8) is 0 Å². The van der Waals surface area contributed by atoms with E-state index in [4.69, 9.17) is 5.73 Å². The number of pyridine rings is 1. The van der Waals surface area contributed by atoms with Gasteiger partial charge in [0, 0.05) is 37.1 Å². The molecule has 0 spiro atoms. The molecule has 2 rings (SSSR count). The highest BCUT2D eigenvalue weighted by atomic mass is 15.3. The first-order valence-corrected chi connectivity index (χ1v) is 6.86. The molecule has 2 aromatic rings. The summed E-state index contributed by atoms with van der Waals surface area (Å²) in [6, 6.07) is 8.31. The molecule has 0 saturated carbocycles. The number of aromatic nitrogens is 3. The third-order valence-electron chi connectivity index (χ3n) is 3.36. The Morgan fingerprint density at radius 1 is 1.32 bits per heavy atom. The van der Waals surface area contributed by atoms with Crippen LogP contribution in [0.3, 0.4) is 0 Å². The molecule has 2 N–H and O–H groups in total. The Kier molecular flexibility index (Phi) is 4.68. The summed E-state index contributed by atoms with van der Waals surface area (Å²) in [6.07, 6.45) is 5.55. The summed E-state index contributed by atoms with van der Waals surface area (Å²) in [5.74, 6) is 0. The fourth-order valence-corrected chi connectivity index (χ4v) is 2.19. The van der Waals surface area contributed by atoms with Gasteiger partial charge in [0.1, 0.15) is 0 Å². The predicted molar refractivity (Wildman–Crippen MR) is 76.8 cm³/mol. The van der Waals surface area contributed by atoms with Gasteiger partial charge in [0.2, 0.25) is 0 Å². The van der Waals surface area contributed by atoms with Crippen LogP contribution < -0.4 is 5.73 Å². The van der Waals surface area contributed by atoms with Gasteiger partial charge in [0.15, 0.2) is 0 Å². The predicted octanol–water partition coefficient (Wildman–Crippen LogP) is 1.88. The topological polar surface area (TPSA) is 56.7 Å². The van der Waals surface area contributed by atoms with Crippen molar-refractivity contribution in [2.75, 3.05) is 0 Å². The van der Waals surface area contributed by atoms with E-state index < -0.39 is 0 Å². The highest BCUT2D eigenvalue weighted by Gasteiger charge is 2.09. The standard InChI is InChI=1S/C15H22N4/c1-3-13-11-15(19(2)18-13)10-12(16)7-8-14-6-4-5-9-17-14/h4-6,9,11-12H,3,7-8,10,16H2,1-2H3. The average molecular weight is 258 g/mol. The van der Waals surface area contributed by atoms with Crippen molar-refractivity contribution >= 4 is 0 Å². The average Bonchev–Trinajstić information content (AvgIpc) is 2.78. The second kappa shape index (κ2) is 6.48. The van der Waals surface area contributed by atoms with Gasteiger partial charge >= 0.3 is 0 Å². The summed E-state index contributed by atoms with van der Waals surface area (Å²) in [7, 11) is 1.99. The minimum Gasteiger partial charge on any atom is -0.327 e. The molecule has 4 heteroatoms. The van der Waals surface area contributed by atoms with Gasteiger partial charge in [-0.1, -0.05) is 13.0 Å². The maximum Gasteiger partial charge on any atom is 0.0624 e. The van der Waals surface area contributed by atoms with E-state index in [9.17, 15) is 0 Å². The third-order valence-corrected chi connectivity index (χ3v) is 3.36. The molecule has 1 atom stereocenters. The van der Waals surface area contributed by atoms with Gasteiger partial charge in [0.25, 0.3) is 0 Å². The smallest absolute Gasteiger partial charge is 0.0624 e. The molecule has 0 radical (unpaired) electrons. The lowest BCUT2D eigenvalue weighted by molar-refractivity contribution is 0.574. The molecular formula is C15H22N4. The number of nitrogens with zero attached hydrogens (tertiary/aromatic N) is 3. The minimum absolute atomic E-state index is 0.155. The molecule has 0 aromatic carbocycles. The molecule has 0 bridgehead atoms. The summed E-state index contributed by atoms with van der Waals surface area (Å²) in [6.45, 7) is 2.12. The maximum absolute atomic E-state index is 6.20. The first-order chi connectivity index (χ1) is 9.19. The molecule has 0 amide bonds. The van der Waals surface area contributed by atoms with Gasteiger partial charge in [-0.25, -0.2) is 0 Å². The van der Waals surface area contributed by atoms with E-state index >= 15 is 0 Å². The number of hydrogen-bond donors (Lipinski definition) is 1. The van der Waals surface area contributed by atoms with Gasteiger partial charge in [-0.3, -0.25) is 9.67 Å². The fraction of sp³-hybridized carbons (Fsp3) is 0.467. The number of hydrogen-bond acceptors (Lipinski definition) is 3. The second-order valence-corrected chi connectivity index (χ2v) is 4.93. The minimum atomic E-state index is 0.155. The van der Waals surface area contributed by atoms with Gasteiger partial charge in [-0.05, 0) is 37.5 Å². The molecule has 0 saturated heterocycles. The summed E-state index contributed by atoms with van der Waals surface area (Å²) in [5.41, 5.74) is 9.66. The lowest BCUT2D eigenvalue weighted by atomic mass is 10.0. The Hall–Kier alpha value is -1.68. The molecule has 0 aliphatic rings. The van der Waals surface area contributed by atoms with Gasteiger partial charge in [-0.2, -0.15) is 5.10 Å². The van der Waals surface area contributed by atoms with Crippen LogP contribution in [0.1, 0.15) is 30.4 Å². The second-order valence-electron chi connectivity index (χ2n) is 4.93. The van der Waals surface area contributed by atoms with Crippen molar-refractivity contribution in [2.45, 2.75) is 38.6 Å². The van der Waals surface area contributed by atoms with Gasteiger partial charge < -0.3 is 5.73 Å². The molecule has 2 aromatic heterocycles. The van der Waals surface area contributed by atoms with Crippen molar-refractivity contribution < 1.29 is 0 Å². The van der Waals surface area contributed by atoms with Gasteiger partial charge in [-0.15, -0.1) is 0 Å². The Labute approximate surface area is 114 Å². The molecule has 0 fully saturated rings. The van der Waals surface area contributed by atoms with Crippen LogP contribution in [-0.2, 0) is 26.3 Å². The van der Waals surface area contributed by atoms with E-state index in [0.717, 1.165) is 37.1 Å². The van der Waals surface area contributed by atoms with E-state index in [0.29, 0.717) is 0 Å². The summed E-state index contributed by atoms with van der Waals surface area (Å²) >= 11 is 0. The van der Waals surface area contributed by atoms with Crippen LogP contribution in [0.2, 0.25) is 0 Å². The molecular weight excluding hydrogens is 236 g/mol. The molecule has 0 aliphatic carbocycles. The first kappa shape index (κ1) is 13.7. The van der Waals surface area contributed by atoms with E-state index in [1.54, 1.807) is 0 Å². The molecule has 0 aliphatic heterocycles. The van der Waals surface area contributed by atoms with Crippen LogP contribution >= 0.6 is 0 Å². The van der Waals surface area contributed by atoms with E-state index in [1.165, 1.54) is 5.69 Å². The zero-order valence-electron chi connectivity index (χ0n) is 11.7. The number of rotatable bonds is 6. The molecule has 1 unspecified atom stereocenters. The molecule has 2 heterocycles. The third kappa shape index (κ3) is 3.89. The van der Waals surface area contributed by atoms with Crippen LogP contribution in [0.15, 0.2) is 30.5 Å². The van der Waals surface area contributed by atoms with Crippen molar-refractivity contribution in [3.8, 4) is 0 Å². The summed E-state index contributed by atoms with van der Waals surface area (Å²) in [4.78, 5) is 4.32. The monoisotopic (exact) mass is 258 g/mol. The lowest BCUT2D eigenvalue weighted by Gasteiger charge is -2.11. The lowest BCUT2D eigenvalue weighted by Crippen LogP contribution is -2.24. The Morgan fingerprint density at radius 3 is 2.79 bits per heavy atom. The van der Waals surface area contributed by atoms with Crippen LogP contribution in [0, 0.1) is 0 Å². The van der Waals surface area contributed by atoms with E-state index in [2.05, 4.69) is 23.1 Å². The van der Waals surface area contributed by atoms with E-state index in [1.807, 2.05) is 36.1 Å². The zero-order valence-corrected chi connectivity index (χ0v) is 11.7. The Morgan fingerprint density at radius 2 is 2.16 bits per heavy atom. The molecule has 4 nitrogen and oxygen atoms in total. The van der Waals surface area contributed by atoms with Crippen LogP contribution in [0.4, 0.5) is 0 Å². The van der Waals surface area contributed by atoms with E-state index in [-0.39, 0.29) is 6.04 Å². The quantitative estimate of drug-likeness (QED) is 0.860. The summed E-state index contributed by atoms with van der Waals surface area (Å²) < 4.78 is 1.94. The fourth-order valence-electron chi connectivity index (χ4n) is 2.19. The maximum atomic E-state index is 6.20. The largest absolute Gasteiger partial charge is 0.327 e. The molecule has 19 heavy (non-hydrogen) atoms. The Balaban J connectivity index is 1.87. The van der Waals surface area contributed by atoms with Crippen molar-refractivity contribution in [2.24, 2.45) is 12.8 Å². The van der Waals surface area contributed by atoms with Gasteiger partial charge in [0.05, 0.1) is 5.69 Å². The normalized spacial score (nSPS) is 12.6. The van der Waals surface area contributed by atoms with Crippen molar-refractivity contribution in [3.05, 3.63) is 47.5 Å². The SMILES string of the molecule is CCc1cc(CC(N)CCc2ccccn2)n(C)n1. The van der Waals surface area contributed by atoms with Crippen LogP contribution in [0.5, 0.6) is 0 Å². The van der Waals surface area contributed by atoms with Crippen molar-refractivity contribution in [1.82, 2.24) is 14.8 Å². The number of aryl methyl sites for hydroxylation is 3. The first-order valence-electron chi connectivity index (χ1n) is 6.86. The zero-order chi connectivity index (χ0) is 13.7. The van der Waals surface area contributed by atoms with Crippen molar-refractivity contribution in [1.29, 1.82) is 0 Å². The Bertz CT molecular complexity index is 504.